The first kappa shape index (κ1) is 25.0. The van der Waals surface area contributed by atoms with E-state index in [2.05, 4.69) is 42.7 Å². The highest BCUT2D eigenvalue weighted by Crippen LogP contribution is 2.41. The van der Waals surface area contributed by atoms with Gasteiger partial charge in [-0.2, -0.15) is 8.42 Å². The van der Waals surface area contributed by atoms with E-state index >= 15 is 0 Å². The average molecular weight is 521 g/mol. The molecule has 0 saturated heterocycles. The summed E-state index contributed by atoms with van der Waals surface area (Å²) >= 11 is 0. The van der Waals surface area contributed by atoms with Gasteiger partial charge in [0, 0.05) is 29.4 Å². The summed E-state index contributed by atoms with van der Waals surface area (Å²) in [7, 11) is -0.355. The molecule has 1 aliphatic carbocycles. The highest BCUT2D eigenvalue weighted by atomic mass is 32.2. The lowest BCUT2D eigenvalue weighted by molar-refractivity contribution is 0.413. The Morgan fingerprint density at radius 1 is 0.946 bits per heavy atom. The van der Waals surface area contributed by atoms with Crippen LogP contribution in [0.15, 0.2) is 66.7 Å². The van der Waals surface area contributed by atoms with Crippen LogP contribution in [0.25, 0.3) is 16.7 Å². The van der Waals surface area contributed by atoms with Crippen LogP contribution in [0.2, 0.25) is 0 Å². The number of anilines is 2. The Balaban J connectivity index is 1.46. The maximum atomic E-state index is 12.3. The summed E-state index contributed by atoms with van der Waals surface area (Å²) in [6.07, 6.45) is 3.54. The van der Waals surface area contributed by atoms with Crippen LogP contribution in [0, 0.1) is 0 Å². The summed E-state index contributed by atoms with van der Waals surface area (Å²) < 4.78 is 41.0. The molecule has 8 heteroatoms. The van der Waals surface area contributed by atoms with Crippen molar-refractivity contribution in [1.82, 2.24) is 0 Å². The summed E-state index contributed by atoms with van der Waals surface area (Å²) in [4.78, 5) is 0. The largest absolute Gasteiger partial charge is 0.496 e. The van der Waals surface area contributed by atoms with Gasteiger partial charge in [0.2, 0.25) is 0 Å². The van der Waals surface area contributed by atoms with E-state index in [-0.39, 0.29) is 11.3 Å². The first-order valence-electron chi connectivity index (χ1n) is 12.3. The standard InChI is InChI=1S/C29H32N2O5S/c1-29(2)17-20(18-30-26-7-5-6-8-27(26)34-3)24-15-19(9-14-25(24)31-29)23-13-10-21(16-28(23)35-4)36-37(32,33)22-11-12-22/h5-10,13-17,22,30-31H,11-12,18H2,1-4H3. The molecule has 1 fully saturated rings. The van der Waals surface area contributed by atoms with Gasteiger partial charge in [0.25, 0.3) is 0 Å². The molecule has 0 bridgehead atoms. The zero-order valence-electron chi connectivity index (χ0n) is 21.5. The molecular weight excluding hydrogens is 488 g/mol. The molecule has 1 aliphatic heterocycles. The van der Waals surface area contributed by atoms with Crippen molar-refractivity contribution in [3.05, 3.63) is 72.3 Å². The predicted molar refractivity (Wildman–Crippen MR) is 148 cm³/mol. The molecule has 37 heavy (non-hydrogen) atoms. The van der Waals surface area contributed by atoms with Crippen LogP contribution in [-0.4, -0.2) is 40.0 Å². The maximum Gasteiger partial charge on any atom is 0.312 e. The summed E-state index contributed by atoms with van der Waals surface area (Å²) in [5.74, 6) is 1.60. The van der Waals surface area contributed by atoms with Crippen LogP contribution in [-0.2, 0) is 10.1 Å². The van der Waals surface area contributed by atoms with Crippen LogP contribution in [0.5, 0.6) is 17.2 Å². The zero-order chi connectivity index (χ0) is 26.2. The fourth-order valence-electron chi connectivity index (χ4n) is 4.63. The minimum atomic E-state index is -3.59. The quantitative estimate of drug-likeness (QED) is 0.338. The average Bonchev–Trinajstić information content (AvgIpc) is 3.73. The lowest BCUT2D eigenvalue weighted by Crippen LogP contribution is -2.32. The second-order valence-electron chi connectivity index (χ2n) is 9.97. The molecule has 2 N–H and O–H groups in total. The van der Waals surface area contributed by atoms with Gasteiger partial charge in [-0.05, 0) is 74.2 Å². The van der Waals surface area contributed by atoms with Crippen LogP contribution in [0.1, 0.15) is 32.3 Å². The molecule has 0 amide bonds. The fourth-order valence-corrected chi connectivity index (χ4v) is 5.85. The van der Waals surface area contributed by atoms with Gasteiger partial charge in [-0.1, -0.05) is 24.3 Å². The molecule has 194 valence electrons. The molecule has 3 aromatic rings. The van der Waals surface area contributed by atoms with Crippen LogP contribution in [0.4, 0.5) is 11.4 Å². The van der Waals surface area contributed by atoms with Gasteiger partial charge in [-0.3, -0.25) is 0 Å². The Kier molecular flexibility index (Phi) is 6.54. The highest BCUT2D eigenvalue weighted by Gasteiger charge is 2.37. The lowest BCUT2D eigenvalue weighted by Gasteiger charge is -2.33. The van der Waals surface area contributed by atoms with Crippen molar-refractivity contribution < 1.29 is 22.1 Å². The van der Waals surface area contributed by atoms with Crippen molar-refractivity contribution in [2.45, 2.75) is 37.5 Å². The van der Waals surface area contributed by atoms with Gasteiger partial charge in [0.1, 0.15) is 17.2 Å². The van der Waals surface area contributed by atoms with Gasteiger partial charge in [0.15, 0.2) is 0 Å². The molecule has 0 unspecified atom stereocenters. The third kappa shape index (κ3) is 5.39. The number of methoxy groups -OCH3 is 2. The van der Waals surface area contributed by atoms with Crippen molar-refractivity contribution in [2.24, 2.45) is 0 Å². The van der Waals surface area contributed by atoms with Crippen LogP contribution in [0.3, 0.4) is 0 Å². The summed E-state index contributed by atoms with van der Waals surface area (Å²) in [6.45, 7) is 4.90. The van der Waals surface area contributed by atoms with E-state index in [0.717, 1.165) is 39.4 Å². The first-order valence-corrected chi connectivity index (χ1v) is 13.8. The van der Waals surface area contributed by atoms with Gasteiger partial charge in [-0.25, -0.2) is 0 Å². The van der Waals surface area contributed by atoms with Crippen molar-refractivity contribution in [3.63, 3.8) is 0 Å². The van der Waals surface area contributed by atoms with Gasteiger partial charge in [0.05, 0.1) is 30.7 Å². The second-order valence-corrected chi connectivity index (χ2v) is 11.8. The number of hydrogen-bond donors (Lipinski definition) is 2. The summed E-state index contributed by atoms with van der Waals surface area (Å²) in [5, 5.41) is 6.72. The molecule has 1 saturated carbocycles. The smallest absolute Gasteiger partial charge is 0.312 e. The Bertz CT molecular complexity index is 1460. The Morgan fingerprint density at radius 3 is 2.43 bits per heavy atom. The van der Waals surface area contributed by atoms with Crippen molar-refractivity contribution in [3.8, 4) is 28.4 Å². The molecule has 3 aromatic carbocycles. The molecule has 0 aromatic heterocycles. The van der Waals surface area contributed by atoms with E-state index in [1.54, 1.807) is 26.4 Å². The molecule has 1 heterocycles. The van der Waals surface area contributed by atoms with Crippen molar-refractivity contribution in [2.75, 3.05) is 31.4 Å². The van der Waals surface area contributed by atoms with E-state index in [4.69, 9.17) is 13.7 Å². The number of fused-ring (bicyclic) bond motifs is 1. The third-order valence-corrected chi connectivity index (χ3v) is 8.28. The van der Waals surface area contributed by atoms with Gasteiger partial charge in [-0.15, -0.1) is 0 Å². The normalized spacial score (nSPS) is 16.2. The third-order valence-electron chi connectivity index (χ3n) is 6.56. The predicted octanol–water partition coefficient (Wildman–Crippen LogP) is 5.94. The lowest BCUT2D eigenvalue weighted by atomic mass is 9.88. The van der Waals surface area contributed by atoms with E-state index < -0.39 is 15.4 Å². The van der Waals surface area contributed by atoms with E-state index in [1.807, 2.05) is 36.4 Å². The Morgan fingerprint density at radius 2 is 1.70 bits per heavy atom. The van der Waals surface area contributed by atoms with E-state index in [0.29, 0.717) is 25.1 Å². The monoisotopic (exact) mass is 520 g/mol. The minimum absolute atomic E-state index is 0.212. The zero-order valence-corrected chi connectivity index (χ0v) is 22.3. The van der Waals surface area contributed by atoms with Gasteiger partial charge >= 0.3 is 10.1 Å². The fraction of sp³-hybridized carbons (Fsp3) is 0.310. The Hall–Kier alpha value is -3.65. The molecular formula is C29H32N2O5S. The number of benzene rings is 3. The molecule has 2 aliphatic rings. The van der Waals surface area contributed by atoms with E-state index in [9.17, 15) is 8.42 Å². The topological polar surface area (TPSA) is 85.9 Å². The number of rotatable bonds is 9. The Labute approximate surface area is 218 Å². The number of ether oxygens (including phenoxy) is 2. The summed E-state index contributed by atoms with van der Waals surface area (Å²) in [5.41, 5.74) is 5.80. The highest BCUT2D eigenvalue weighted by molar-refractivity contribution is 7.88. The SMILES string of the molecule is COc1ccccc1NCC1=CC(C)(C)Nc2ccc(-c3ccc(OS(=O)(=O)C4CC4)cc3OC)cc21. The summed E-state index contributed by atoms with van der Waals surface area (Å²) in [6, 6.07) is 19.3. The maximum absolute atomic E-state index is 12.3. The molecule has 5 rings (SSSR count). The number of nitrogens with one attached hydrogen (secondary N) is 2. The molecule has 0 atom stereocenters. The van der Waals surface area contributed by atoms with Crippen molar-refractivity contribution in [1.29, 1.82) is 0 Å². The first-order chi connectivity index (χ1) is 17.7. The van der Waals surface area contributed by atoms with E-state index in [1.165, 1.54) is 0 Å². The molecule has 0 spiro atoms. The number of para-hydroxylation sites is 2. The molecule has 0 radical (unpaired) electrons. The van der Waals surface area contributed by atoms with Gasteiger partial charge < -0.3 is 24.3 Å². The second kappa shape index (κ2) is 9.67. The minimum Gasteiger partial charge on any atom is -0.496 e. The molecule has 7 nitrogen and oxygen atoms in total. The van der Waals surface area contributed by atoms with Crippen molar-refractivity contribution >= 4 is 27.1 Å². The number of hydrogen-bond acceptors (Lipinski definition) is 7. The van der Waals surface area contributed by atoms with Crippen LogP contribution < -0.4 is 24.3 Å². The van der Waals surface area contributed by atoms with Crippen LogP contribution >= 0.6 is 0 Å².